The molecule has 0 heteroatoms. The highest BCUT2D eigenvalue weighted by Gasteiger charge is 2.82. The van der Waals surface area contributed by atoms with Crippen molar-refractivity contribution < 1.29 is 0 Å². The van der Waals surface area contributed by atoms with E-state index in [1.54, 1.807) is 16.7 Å². The first-order valence-corrected chi connectivity index (χ1v) is 24.3. The van der Waals surface area contributed by atoms with E-state index in [9.17, 15) is 0 Å². The first-order chi connectivity index (χ1) is 26.3. The minimum absolute atomic E-state index is 0.122. The van der Waals surface area contributed by atoms with Crippen LogP contribution in [0, 0.1) is 66.0 Å². The van der Waals surface area contributed by atoms with Gasteiger partial charge in [-0.15, -0.1) is 6.58 Å². The summed E-state index contributed by atoms with van der Waals surface area (Å²) in [6, 6.07) is 0. The van der Waals surface area contributed by atoms with E-state index in [2.05, 4.69) is 122 Å². The van der Waals surface area contributed by atoms with Gasteiger partial charge < -0.3 is 0 Å². The van der Waals surface area contributed by atoms with Crippen LogP contribution in [-0.2, 0) is 0 Å². The molecule has 0 aromatic heterocycles. The second-order valence-corrected chi connectivity index (χ2v) is 24.5. The predicted octanol–water partition coefficient (Wildman–Crippen LogP) is 17.9. The molecule has 57 heavy (non-hydrogen) atoms. The first kappa shape index (κ1) is 45.0. The number of allylic oxidation sites excluding steroid dienone is 8. The van der Waals surface area contributed by atoms with Crippen LogP contribution in [-0.4, -0.2) is 0 Å². The Kier molecular flexibility index (Phi) is 11.5. The Morgan fingerprint density at radius 2 is 1.19 bits per heavy atom. The van der Waals surface area contributed by atoms with Crippen LogP contribution in [0.25, 0.3) is 0 Å². The monoisotopic (exact) mass is 777 g/mol. The molecule has 0 nitrogen and oxygen atoms in total. The molecule has 6 aliphatic rings. The number of rotatable bonds is 13. The second kappa shape index (κ2) is 14.5. The normalized spacial score (nSPS) is 45.3. The van der Waals surface area contributed by atoms with Crippen LogP contribution in [0.2, 0.25) is 0 Å². The van der Waals surface area contributed by atoms with Crippen molar-refractivity contribution in [2.24, 2.45) is 66.0 Å². The van der Waals surface area contributed by atoms with Gasteiger partial charge in [-0.05, 0) is 207 Å². The molecule has 0 heterocycles. The second-order valence-electron chi connectivity index (χ2n) is 24.5. The van der Waals surface area contributed by atoms with Crippen molar-refractivity contribution >= 4 is 0 Å². The minimum Gasteiger partial charge on any atom is -0.100 e. The third kappa shape index (κ3) is 5.67. The lowest BCUT2D eigenvalue weighted by Gasteiger charge is -2.83. The standard InChI is InChI=1S/C57H92/c1-19-56(42(6)7)31-26-45(27-32-56)47-28-30-50(13)49(12,48(47,10)11)34-35-52(15)51(50,14)36-37-54(17)53(52,16)38-39-57(33-29-46(41(4)5)55(54,57)18)44(9)25-21-24-43(8)23-20-22-40(2)3/h26,28,43,46H,2,4,6,9,19-25,27,29-39H2,1,3,5,7-8,10-18H3/t43?,46-,49-,50-,51+,52+,53-,54-,55+,56-,57+/m0/s1. The smallest absolute Gasteiger partial charge is 0.00255 e. The van der Waals surface area contributed by atoms with Crippen LogP contribution in [0.15, 0.2) is 71.9 Å². The van der Waals surface area contributed by atoms with Crippen LogP contribution >= 0.6 is 0 Å². The molecular weight excluding hydrogens is 685 g/mol. The van der Waals surface area contributed by atoms with Gasteiger partial charge in [-0.3, -0.25) is 0 Å². The maximum Gasteiger partial charge on any atom is -0.00255 e. The van der Waals surface area contributed by atoms with Crippen molar-refractivity contribution in [1.29, 1.82) is 0 Å². The zero-order chi connectivity index (χ0) is 42.5. The summed E-state index contributed by atoms with van der Waals surface area (Å²) in [6.07, 6.45) is 29.7. The highest BCUT2D eigenvalue weighted by Crippen LogP contribution is 2.89. The van der Waals surface area contributed by atoms with E-state index in [0.29, 0.717) is 5.92 Å². The van der Waals surface area contributed by atoms with Crippen LogP contribution in [0.5, 0.6) is 0 Å². The highest BCUT2D eigenvalue weighted by molar-refractivity contribution is 5.45. The van der Waals surface area contributed by atoms with Crippen molar-refractivity contribution in [2.75, 3.05) is 0 Å². The molecule has 6 aliphatic carbocycles. The Labute approximate surface area is 355 Å². The molecule has 0 spiro atoms. The largest absolute Gasteiger partial charge is 0.100 e. The van der Waals surface area contributed by atoms with Gasteiger partial charge in [-0.2, -0.15) is 0 Å². The summed E-state index contributed by atoms with van der Waals surface area (Å²) < 4.78 is 0. The maximum atomic E-state index is 5.14. The van der Waals surface area contributed by atoms with Crippen molar-refractivity contribution in [3.05, 3.63) is 71.9 Å². The van der Waals surface area contributed by atoms with E-state index in [0.717, 1.165) is 12.3 Å². The average Bonchev–Trinajstić information content (AvgIpc) is 3.47. The van der Waals surface area contributed by atoms with Crippen LogP contribution < -0.4 is 0 Å². The third-order valence-corrected chi connectivity index (χ3v) is 23.1. The lowest BCUT2D eigenvalue weighted by atomic mass is 9.21. The molecule has 6 rings (SSSR count). The summed E-state index contributed by atoms with van der Waals surface area (Å²) in [4.78, 5) is 0. The quantitative estimate of drug-likeness (QED) is 0.163. The molecule has 0 amide bonds. The van der Waals surface area contributed by atoms with E-state index in [1.165, 1.54) is 132 Å². The van der Waals surface area contributed by atoms with E-state index in [4.69, 9.17) is 13.2 Å². The third-order valence-electron chi connectivity index (χ3n) is 23.1. The van der Waals surface area contributed by atoms with E-state index in [-0.39, 0.29) is 54.1 Å². The summed E-state index contributed by atoms with van der Waals surface area (Å²) in [5.41, 5.74) is 11.3. The Morgan fingerprint density at radius 1 is 0.649 bits per heavy atom. The molecule has 4 fully saturated rings. The van der Waals surface area contributed by atoms with Gasteiger partial charge in [0.25, 0.3) is 0 Å². The average molecular weight is 777 g/mol. The Bertz CT molecular complexity index is 1710. The Balaban J connectivity index is 1.34. The van der Waals surface area contributed by atoms with Crippen LogP contribution in [0.1, 0.15) is 219 Å². The van der Waals surface area contributed by atoms with Gasteiger partial charge in [0.15, 0.2) is 0 Å². The summed E-state index contributed by atoms with van der Waals surface area (Å²) in [5.74, 6) is 1.35. The topological polar surface area (TPSA) is 0 Å². The molecule has 0 aromatic rings. The fourth-order valence-electron chi connectivity index (χ4n) is 17.8. The van der Waals surface area contributed by atoms with Crippen molar-refractivity contribution in [2.45, 2.75) is 219 Å². The summed E-state index contributed by atoms with van der Waals surface area (Å²) in [7, 11) is 0. The van der Waals surface area contributed by atoms with Gasteiger partial charge in [0.05, 0.1) is 0 Å². The zero-order valence-corrected chi connectivity index (χ0v) is 40.6. The molecule has 320 valence electrons. The van der Waals surface area contributed by atoms with Gasteiger partial charge >= 0.3 is 0 Å². The van der Waals surface area contributed by atoms with Crippen LogP contribution in [0.3, 0.4) is 0 Å². The molecule has 0 N–H and O–H groups in total. The van der Waals surface area contributed by atoms with Crippen molar-refractivity contribution in [1.82, 2.24) is 0 Å². The zero-order valence-electron chi connectivity index (χ0n) is 40.6. The maximum absolute atomic E-state index is 5.14. The predicted molar refractivity (Wildman–Crippen MR) is 251 cm³/mol. The fourth-order valence-corrected chi connectivity index (χ4v) is 17.8. The van der Waals surface area contributed by atoms with Crippen LogP contribution in [0.4, 0.5) is 0 Å². The molecule has 0 saturated heterocycles. The van der Waals surface area contributed by atoms with Gasteiger partial charge in [0.2, 0.25) is 0 Å². The minimum atomic E-state index is 0.122. The van der Waals surface area contributed by atoms with Gasteiger partial charge in [0.1, 0.15) is 0 Å². The summed E-state index contributed by atoms with van der Waals surface area (Å²) in [5, 5.41) is 0. The number of hydrogen-bond donors (Lipinski definition) is 0. The van der Waals surface area contributed by atoms with E-state index in [1.807, 2.05) is 0 Å². The van der Waals surface area contributed by atoms with Gasteiger partial charge in [0, 0.05) is 0 Å². The number of hydrogen-bond acceptors (Lipinski definition) is 0. The fraction of sp³-hybridized carbons (Fsp3) is 0.789. The van der Waals surface area contributed by atoms with Gasteiger partial charge in [-0.1, -0.05) is 143 Å². The van der Waals surface area contributed by atoms with E-state index >= 15 is 0 Å². The Hall–Kier alpha value is -1.56. The van der Waals surface area contributed by atoms with Gasteiger partial charge in [-0.25, -0.2) is 0 Å². The lowest BCUT2D eigenvalue weighted by Crippen LogP contribution is -2.76. The summed E-state index contributed by atoms with van der Waals surface area (Å²) >= 11 is 0. The van der Waals surface area contributed by atoms with Crippen molar-refractivity contribution in [3.8, 4) is 0 Å². The number of fused-ring (bicyclic) bond motifs is 7. The van der Waals surface area contributed by atoms with E-state index < -0.39 is 0 Å². The molecule has 0 bridgehead atoms. The molecule has 4 saturated carbocycles. The van der Waals surface area contributed by atoms with Crippen molar-refractivity contribution in [3.63, 3.8) is 0 Å². The SMILES string of the molecule is C=C(C)CCCC(C)CCCC(=C)[C@]12CC[C@@H](C(=C)C)[C@]1(C)[C@@]1(C)CC[C@@]3(C)[C@@](C)(CC[C@@]4(C)C(C)(C)C(C5=CC[C@](CC)(C(=C)C)CC5)=CC[C@]34C)[C@]1(C)CC2. The lowest BCUT2D eigenvalue weighted by molar-refractivity contribution is -0.335. The molecule has 0 radical (unpaired) electrons. The molecular formula is C57H92. The molecule has 0 aromatic carbocycles. The summed E-state index contributed by atoms with van der Waals surface area (Å²) in [6.45, 7) is 55.3. The Morgan fingerprint density at radius 3 is 1.74 bits per heavy atom. The molecule has 0 aliphatic heterocycles. The molecule has 11 atom stereocenters. The first-order valence-electron chi connectivity index (χ1n) is 24.3. The molecule has 1 unspecified atom stereocenters. The highest BCUT2D eigenvalue weighted by atomic mass is 14.9.